The number of aromatic nitrogens is 1. The molecule has 2 N–H and O–H groups in total. The Hall–Kier alpha value is -3.04. The van der Waals surface area contributed by atoms with E-state index in [1.165, 1.54) is 24.9 Å². The van der Waals surface area contributed by atoms with Gasteiger partial charge < -0.3 is 19.6 Å². The molecule has 7 nitrogen and oxygen atoms in total. The average molecular weight is 465 g/mol. The lowest BCUT2D eigenvalue weighted by Gasteiger charge is -2.22. The lowest BCUT2D eigenvalue weighted by atomic mass is 9.89. The quantitative estimate of drug-likeness (QED) is 0.643. The number of hydrogen-bond acceptors (Lipinski definition) is 4. The fraction of sp³-hybridized carbons (Fsp3) is 0.522. The topological polar surface area (TPSA) is 93.3 Å². The second-order valence-electron chi connectivity index (χ2n) is 8.77. The molecular formula is C23H26F3N3O4. The van der Waals surface area contributed by atoms with Crippen molar-refractivity contribution in [2.24, 2.45) is 5.92 Å². The second-order valence-corrected chi connectivity index (χ2v) is 8.77. The van der Waals surface area contributed by atoms with Crippen LogP contribution in [0.3, 0.4) is 0 Å². The smallest absolute Gasteiger partial charge is 0.415 e. The number of alkyl halides is 3. The van der Waals surface area contributed by atoms with Crippen molar-refractivity contribution in [1.82, 2.24) is 15.2 Å². The molecule has 10 heteroatoms. The van der Waals surface area contributed by atoms with Crippen LogP contribution in [0.15, 0.2) is 40.0 Å². The number of amides is 2. The molecule has 2 aliphatic rings. The van der Waals surface area contributed by atoms with Crippen molar-refractivity contribution in [3.05, 3.63) is 57.9 Å². The van der Waals surface area contributed by atoms with Crippen LogP contribution in [0.5, 0.6) is 0 Å². The van der Waals surface area contributed by atoms with E-state index in [2.05, 4.69) is 5.32 Å². The number of hydrogen-bond donors (Lipinski definition) is 2. The molecule has 2 saturated carbocycles. The Morgan fingerprint density at radius 3 is 2.30 bits per heavy atom. The molecule has 0 unspecified atom stereocenters. The van der Waals surface area contributed by atoms with Gasteiger partial charge in [0.2, 0.25) is 5.43 Å². The van der Waals surface area contributed by atoms with E-state index >= 15 is 0 Å². The monoisotopic (exact) mass is 465 g/mol. The minimum Gasteiger partial charge on any atom is -0.467 e. The molecule has 1 atom stereocenters. The van der Waals surface area contributed by atoms with Gasteiger partial charge in [-0.15, -0.1) is 0 Å². The number of carbonyl (C=O) groups excluding carboxylic acids is 2. The number of nitrogens with one attached hydrogen (secondary N) is 2. The van der Waals surface area contributed by atoms with E-state index in [0.717, 1.165) is 50.9 Å². The molecule has 0 aromatic carbocycles. The fourth-order valence-electron chi connectivity index (χ4n) is 4.21. The number of furan rings is 1. The summed E-state index contributed by atoms with van der Waals surface area (Å²) in [5.74, 6) is -2.00. The molecule has 178 valence electrons. The molecule has 0 spiro atoms. The maximum absolute atomic E-state index is 13.5. The summed E-state index contributed by atoms with van der Waals surface area (Å²) < 4.78 is 47.0. The third-order valence-corrected chi connectivity index (χ3v) is 6.21. The van der Waals surface area contributed by atoms with Crippen LogP contribution in [0.25, 0.3) is 0 Å². The van der Waals surface area contributed by atoms with Gasteiger partial charge in [-0.1, -0.05) is 19.3 Å². The van der Waals surface area contributed by atoms with E-state index in [9.17, 15) is 27.6 Å². The molecule has 2 aromatic heterocycles. The minimum atomic E-state index is -4.84. The summed E-state index contributed by atoms with van der Waals surface area (Å²) in [6, 6.07) is -0.0451. The van der Waals surface area contributed by atoms with Gasteiger partial charge in [0.05, 0.1) is 6.26 Å². The SMILES string of the molecule is O=C(NCC1CCCCC1)c1cn(C2CC2)cc(C(=O)N[C@@H](c2ccco2)C(F)(F)F)c1=O. The fourth-order valence-corrected chi connectivity index (χ4v) is 4.21. The highest BCUT2D eigenvalue weighted by Crippen LogP contribution is 2.35. The van der Waals surface area contributed by atoms with E-state index in [1.807, 2.05) is 5.32 Å². The summed E-state index contributed by atoms with van der Waals surface area (Å²) in [7, 11) is 0. The van der Waals surface area contributed by atoms with Gasteiger partial charge in [0.15, 0.2) is 6.04 Å². The Labute approximate surface area is 188 Å². The molecule has 0 radical (unpaired) electrons. The lowest BCUT2D eigenvalue weighted by Crippen LogP contribution is -2.41. The first-order chi connectivity index (χ1) is 15.7. The maximum atomic E-state index is 13.5. The maximum Gasteiger partial charge on any atom is 0.415 e. The summed E-state index contributed by atoms with van der Waals surface area (Å²) >= 11 is 0. The van der Waals surface area contributed by atoms with Crippen molar-refractivity contribution in [3.8, 4) is 0 Å². The first-order valence-electron chi connectivity index (χ1n) is 11.2. The Bertz CT molecular complexity index is 1050. The minimum absolute atomic E-state index is 0.00512. The van der Waals surface area contributed by atoms with Crippen molar-refractivity contribution >= 4 is 11.8 Å². The highest BCUT2D eigenvalue weighted by atomic mass is 19.4. The molecule has 4 rings (SSSR count). The highest BCUT2D eigenvalue weighted by Gasteiger charge is 2.44. The third kappa shape index (κ3) is 5.48. The van der Waals surface area contributed by atoms with Crippen molar-refractivity contribution in [2.75, 3.05) is 6.54 Å². The van der Waals surface area contributed by atoms with Gasteiger partial charge in [-0.2, -0.15) is 13.2 Å². The highest BCUT2D eigenvalue weighted by molar-refractivity contribution is 5.99. The predicted molar refractivity (Wildman–Crippen MR) is 113 cm³/mol. The zero-order valence-electron chi connectivity index (χ0n) is 18.0. The Kier molecular flexibility index (Phi) is 6.62. The molecule has 33 heavy (non-hydrogen) atoms. The first-order valence-corrected chi connectivity index (χ1v) is 11.2. The van der Waals surface area contributed by atoms with Crippen LogP contribution < -0.4 is 16.1 Å². The molecule has 2 aromatic rings. The number of halogens is 3. The van der Waals surface area contributed by atoms with E-state index in [4.69, 9.17) is 4.42 Å². The van der Waals surface area contributed by atoms with Gasteiger partial charge in [0, 0.05) is 25.0 Å². The van der Waals surface area contributed by atoms with Gasteiger partial charge in [-0.25, -0.2) is 0 Å². The molecule has 0 aliphatic heterocycles. The van der Waals surface area contributed by atoms with Crippen molar-refractivity contribution in [1.29, 1.82) is 0 Å². The van der Waals surface area contributed by atoms with Gasteiger partial charge in [-0.3, -0.25) is 14.4 Å². The van der Waals surface area contributed by atoms with Gasteiger partial charge >= 0.3 is 6.18 Å². The van der Waals surface area contributed by atoms with Gasteiger partial charge in [0.1, 0.15) is 16.9 Å². The summed E-state index contributed by atoms with van der Waals surface area (Å²) in [5, 5.41) is 4.62. The molecule has 0 saturated heterocycles. The van der Waals surface area contributed by atoms with Gasteiger partial charge in [-0.05, 0) is 43.7 Å². The van der Waals surface area contributed by atoms with E-state index < -0.39 is 40.8 Å². The van der Waals surface area contributed by atoms with Crippen LogP contribution in [0.4, 0.5) is 13.2 Å². The summed E-state index contributed by atoms with van der Waals surface area (Å²) in [6.45, 7) is 0.423. The van der Waals surface area contributed by atoms with Crippen LogP contribution in [0, 0.1) is 5.92 Å². The van der Waals surface area contributed by atoms with Crippen LogP contribution in [0.1, 0.15) is 83.5 Å². The molecular weight excluding hydrogens is 439 g/mol. The average Bonchev–Trinajstić information content (AvgIpc) is 3.50. The number of nitrogens with zero attached hydrogens (tertiary/aromatic N) is 1. The van der Waals surface area contributed by atoms with Crippen LogP contribution >= 0.6 is 0 Å². The molecule has 0 bridgehead atoms. The molecule has 2 amide bonds. The van der Waals surface area contributed by atoms with Crippen molar-refractivity contribution in [2.45, 2.75) is 63.2 Å². The normalized spacial score (nSPS) is 18.0. The van der Waals surface area contributed by atoms with Crippen molar-refractivity contribution in [3.63, 3.8) is 0 Å². The predicted octanol–water partition coefficient (Wildman–Crippen LogP) is 4.12. The van der Waals surface area contributed by atoms with Crippen molar-refractivity contribution < 1.29 is 27.2 Å². The Morgan fingerprint density at radius 2 is 1.73 bits per heavy atom. The number of pyridine rings is 1. The Morgan fingerprint density at radius 1 is 1.06 bits per heavy atom. The van der Waals surface area contributed by atoms with Crippen LogP contribution in [-0.4, -0.2) is 29.1 Å². The summed E-state index contributed by atoms with van der Waals surface area (Å²) in [6.07, 6.45) is 5.81. The van der Waals surface area contributed by atoms with Gasteiger partial charge in [0.25, 0.3) is 11.8 Å². The van der Waals surface area contributed by atoms with Crippen LogP contribution in [-0.2, 0) is 0 Å². The zero-order valence-corrected chi connectivity index (χ0v) is 18.0. The second kappa shape index (κ2) is 9.44. The molecule has 2 aliphatic carbocycles. The molecule has 2 fully saturated rings. The third-order valence-electron chi connectivity index (χ3n) is 6.21. The first kappa shape index (κ1) is 23.1. The van der Waals surface area contributed by atoms with E-state index in [-0.39, 0.29) is 11.6 Å². The zero-order chi connectivity index (χ0) is 23.6. The summed E-state index contributed by atoms with van der Waals surface area (Å²) in [5.41, 5.74) is -1.65. The number of rotatable bonds is 7. The van der Waals surface area contributed by atoms with E-state index in [0.29, 0.717) is 12.5 Å². The number of carbonyl (C=O) groups is 2. The molecule has 2 heterocycles. The Balaban J connectivity index is 1.58. The largest absolute Gasteiger partial charge is 0.467 e. The van der Waals surface area contributed by atoms with Crippen LogP contribution in [0.2, 0.25) is 0 Å². The lowest BCUT2D eigenvalue weighted by molar-refractivity contribution is -0.159. The van der Waals surface area contributed by atoms with E-state index in [1.54, 1.807) is 4.57 Å². The summed E-state index contributed by atoms with van der Waals surface area (Å²) in [4.78, 5) is 38.6. The standard InChI is InChI=1S/C23H26F3N3O4/c24-23(25,26)20(18-7-4-10-33-18)28-22(32)17-13-29(15-8-9-15)12-16(19(17)30)21(31)27-11-14-5-2-1-3-6-14/h4,7,10,12-15,20H,1-3,5-6,8-9,11H2,(H,27,31)(H,28,32)/t20-/m0/s1.